The topological polar surface area (TPSA) is 25.2 Å². The number of hydrogen-bond acceptors (Lipinski definition) is 1. The zero-order chi connectivity index (χ0) is 9.97. The summed E-state index contributed by atoms with van der Waals surface area (Å²) < 4.78 is 1.76. The SMILES string of the molecule is Oc1cccn1Cc1cccc(Cl)c1. The quantitative estimate of drug-likeness (QED) is 0.805. The molecule has 2 nitrogen and oxygen atoms in total. The van der Waals surface area contributed by atoms with E-state index in [9.17, 15) is 5.11 Å². The van der Waals surface area contributed by atoms with Crippen molar-refractivity contribution in [2.45, 2.75) is 6.54 Å². The van der Waals surface area contributed by atoms with Crippen molar-refractivity contribution in [3.05, 3.63) is 53.2 Å². The van der Waals surface area contributed by atoms with Gasteiger partial charge < -0.3 is 9.67 Å². The van der Waals surface area contributed by atoms with Crippen molar-refractivity contribution in [1.29, 1.82) is 0 Å². The van der Waals surface area contributed by atoms with Crippen LogP contribution in [0.15, 0.2) is 42.6 Å². The first-order valence-electron chi connectivity index (χ1n) is 4.34. The maximum absolute atomic E-state index is 9.41. The summed E-state index contributed by atoms with van der Waals surface area (Å²) in [5.41, 5.74) is 1.07. The van der Waals surface area contributed by atoms with Gasteiger partial charge in [-0.05, 0) is 29.8 Å². The first-order valence-corrected chi connectivity index (χ1v) is 4.72. The number of aromatic nitrogens is 1. The Balaban J connectivity index is 2.23. The van der Waals surface area contributed by atoms with E-state index in [1.807, 2.05) is 30.5 Å². The normalized spacial score (nSPS) is 10.4. The highest BCUT2D eigenvalue weighted by molar-refractivity contribution is 6.30. The molecular formula is C11H10ClNO. The van der Waals surface area contributed by atoms with Crippen LogP contribution >= 0.6 is 11.6 Å². The van der Waals surface area contributed by atoms with Gasteiger partial charge in [0.1, 0.15) is 0 Å². The van der Waals surface area contributed by atoms with Crippen molar-refractivity contribution in [1.82, 2.24) is 4.57 Å². The highest BCUT2D eigenvalue weighted by Gasteiger charge is 1.99. The van der Waals surface area contributed by atoms with Crippen LogP contribution in [0.25, 0.3) is 0 Å². The highest BCUT2D eigenvalue weighted by Crippen LogP contribution is 2.15. The molecule has 1 heterocycles. The Labute approximate surface area is 87.4 Å². The fraction of sp³-hybridized carbons (Fsp3) is 0.0909. The number of aromatic hydroxyl groups is 1. The van der Waals surface area contributed by atoms with E-state index in [0.717, 1.165) is 5.56 Å². The maximum Gasteiger partial charge on any atom is 0.191 e. The number of rotatable bonds is 2. The molecule has 3 heteroatoms. The third-order valence-electron chi connectivity index (χ3n) is 2.05. The first kappa shape index (κ1) is 9.16. The summed E-state index contributed by atoms with van der Waals surface area (Å²) in [7, 11) is 0. The lowest BCUT2D eigenvalue weighted by atomic mass is 10.2. The average Bonchev–Trinajstić information content (AvgIpc) is 2.52. The fourth-order valence-electron chi connectivity index (χ4n) is 1.37. The molecule has 0 amide bonds. The molecule has 0 atom stereocenters. The minimum Gasteiger partial charge on any atom is -0.494 e. The molecule has 1 aromatic heterocycles. The zero-order valence-electron chi connectivity index (χ0n) is 7.52. The van der Waals surface area contributed by atoms with Crippen molar-refractivity contribution in [3.8, 4) is 5.88 Å². The van der Waals surface area contributed by atoms with Gasteiger partial charge in [0.2, 0.25) is 0 Å². The van der Waals surface area contributed by atoms with E-state index >= 15 is 0 Å². The summed E-state index contributed by atoms with van der Waals surface area (Å²) in [6, 6.07) is 11.1. The molecule has 2 aromatic rings. The molecule has 0 bridgehead atoms. The third kappa shape index (κ3) is 1.91. The average molecular weight is 208 g/mol. The van der Waals surface area contributed by atoms with Crippen LogP contribution < -0.4 is 0 Å². The van der Waals surface area contributed by atoms with E-state index in [1.54, 1.807) is 16.7 Å². The second kappa shape index (κ2) is 3.76. The molecule has 1 N–H and O–H groups in total. The second-order valence-electron chi connectivity index (χ2n) is 3.12. The Hall–Kier alpha value is -1.41. The molecule has 0 aliphatic heterocycles. The fourth-order valence-corrected chi connectivity index (χ4v) is 1.58. The van der Waals surface area contributed by atoms with Gasteiger partial charge in [-0.2, -0.15) is 0 Å². The van der Waals surface area contributed by atoms with Crippen molar-refractivity contribution >= 4 is 11.6 Å². The molecule has 0 radical (unpaired) electrons. The number of nitrogens with zero attached hydrogens (tertiary/aromatic N) is 1. The van der Waals surface area contributed by atoms with Crippen molar-refractivity contribution < 1.29 is 5.11 Å². The smallest absolute Gasteiger partial charge is 0.191 e. The van der Waals surface area contributed by atoms with Crippen LogP contribution in [0.2, 0.25) is 5.02 Å². The van der Waals surface area contributed by atoms with E-state index in [4.69, 9.17) is 11.6 Å². The lowest BCUT2D eigenvalue weighted by Crippen LogP contribution is -1.96. The Morgan fingerprint density at radius 1 is 1.21 bits per heavy atom. The van der Waals surface area contributed by atoms with Crippen LogP contribution in [0.3, 0.4) is 0 Å². The molecule has 0 spiro atoms. The van der Waals surface area contributed by atoms with Gasteiger partial charge in [0.05, 0.1) is 6.54 Å². The summed E-state index contributed by atoms with van der Waals surface area (Å²) in [6.07, 6.45) is 1.83. The van der Waals surface area contributed by atoms with Gasteiger partial charge >= 0.3 is 0 Å². The van der Waals surface area contributed by atoms with Gasteiger partial charge in [0, 0.05) is 11.2 Å². The number of halogens is 1. The molecule has 0 saturated carbocycles. The van der Waals surface area contributed by atoms with Crippen LogP contribution in [0, 0.1) is 0 Å². The molecule has 0 fully saturated rings. The minimum atomic E-state index is 0.268. The maximum atomic E-state index is 9.41. The van der Waals surface area contributed by atoms with E-state index in [-0.39, 0.29) is 5.88 Å². The third-order valence-corrected chi connectivity index (χ3v) is 2.28. The predicted molar refractivity (Wildman–Crippen MR) is 56.7 cm³/mol. The standard InChI is InChI=1S/C11H10ClNO/c12-10-4-1-3-9(7-10)8-13-6-2-5-11(13)14/h1-7,14H,8H2. The number of benzene rings is 1. The monoisotopic (exact) mass is 207 g/mol. The molecule has 0 aliphatic carbocycles. The molecule has 2 rings (SSSR count). The lowest BCUT2D eigenvalue weighted by molar-refractivity contribution is 0.425. The summed E-state index contributed by atoms with van der Waals surface area (Å²) in [5, 5.41) is 10.1. The van der Waals surface area contributed by atoms with Crippen LogP contribution in [-0.4, -0.2) is 9.67 Å². The molecule has 0 unspecified atom stereocenters. The van der Waals surface area contributed by atoms with Crippen LogP contribution in [0.1, 0.15) is 5.56 Å². The van der Waals surface area contributed by atoms with Crippen LogP contribution in [-0.2, 0) is 6.54 Å². The molecule has 0 saturated heterocycles. The van der Waals surface area contributed by atoms with Gasteiger partial charge in [-0.1, -0.05) is 23.7 Å². The summed E-state index contributed by atoms with van der Waals surface area (Å²) in [4.78, 5) is 0. The predicted octanol–water partition coefficient (Wildman–Crippen LogP) is 2.90. The summed E-state index contributed by atoms with van der Waals surface area (Å²) in [6.45, 7) is 0.638. The Morgan fingerprint density at radius 2 is 2.07 bits per heavy atom. The second-order valence-corrected chi connectivity index (χ2v) is 3.56. The molecule has 72 valence electrons. The van der Waals surface area contributed by atoms with Gasteiger partial charge in [-0.25, -0.2) is 0 Å². The van der Waals surface area contributed by atoms with Gasteiger partial charge in [-0.3, -0.25) is 0 Å². The van der Waals surface area contributed by atoms with Crippen molar-refractivity contribution in [2.75, 3.05) is 0 Å². The van der Waals surface area contributed by atoms with E-state index in [0.29, 0.717) is 11.6 Å². The van der Waals surface area contributed by atoms with Crippen LogP contribution in [0.4, 0.5) is 0 Å². The zero-order valence-corrected chi connectivity index (χ0v) is 8.28. The van der Waals surface area contributed by atoms with E-state index in [1.165, 1.54) is 0 Å². The number of hydrogen-bond donors (Lipinski definition) is 1. The molecular weight excluding hydrogens is 198 g/mol. The van der Waals surface area contributed by atoms with Crippen LogP contribution in [0.5, 0.6) is 5.88 Å². The first-order chi connectivity index (χ1) is 6.75. The molecule has 0 aliphatic rings. The van der Waals surface area contributed by atoms with E-state index in [2.05, 4.69) is 0 Å². The summed E-state index contributed by atoms with van der Waals surface area (Å²) in [5.74, 6) is 0.268. The molecule has 14 heavy (non-hydrogen) atoms. The summed E-state index contributed by atoms with van der Waals surface area (Å²) >= 11 is 5.85. The minimum absolute atomic E-state index is 0.268. The largest absolute Gasteiger partial charge is 0.494 e. The van der Waals surface area contributed by atoms with Gasteiger partial charge in [0.25, 0.3) is 0 Å². The van der Waals surface area contributed by atoms with Crippen molar-refractivity contribution in [3.63, 3.8) is 0 Å². The van der Waals surface area contributed by atoms with Crippen molar-refractivity contribution in [2.24, 2.45) is 0 Å². The van der Waals surface area contributed by atoms with Gasteiger partial charge in [-0.15, -0.1) is 0 Å². The van der Waals surface area contributed by atoms with E-state index < -0.39 is 0 Å². The van der Waals surface area contributed by atoms with Gasteiger partial charge in [0.15, 0.2) is 5.88 Å². The highest BCUT2D eigenvalue weighted by atomic mass is 35.5. The Kier molecular flexibility index (Phi) is 2.46. The Morgan fingerprint density at radius 3 is 2.71 bits per heavy atom. The lowest BCUT2D eigenvalue weighted by Gasteiger charge is -2.04. The molecule has 1 aromatic carbocycles. The Bertz CT molecular complexity index is 436.